The van der Waals surface area contributed by atoms with E-state index in [9.17, 15) is 4.79 Å². The Labute approximate surface area is 83.5 Å². The highest BCUT2D eigenvalue weighted by molar-refractivity contribution is 7.80. The average Bonchev–Trinajstić information content (AvgIpc) is 1.97. The van der Waals surface area contributed by atoms with Crippen LogP contribution in [0, 0.1) is 0 Å². The second-order valence-electron chi connectivity index (χ2n) is 3.43. The average molecular weight is 205 g/mol. The molecule has 1 N–H and O–H groups in total. The maximum absolute atomic E-state index is 11.0. The number of nitrogens with one attached hydrogen (secondary N) is 1. The predicted molar refractivity (Wildman–Crippen MR) is 53.3 cm³/mol. The number of carbonyl (C=O) groups is 1. The summed E-state index contributed by atoms with van der Waals surface area (Å²) in [5, 5.41) is 0.325. The molecule has 5 heteroatoms. The molecule has 0 fully saturated rings. The van der Waals surface area contributed by atoms with Crippen LogP contribution in [0.5, 0.6) is 0 Å². The molecule has 0 rings (SSSR count). The van der Waals surface area contributed by atoms with E-state index in [1.807, 2.05) is 6.92 Å². The highest BCUT2D eigenvalue weighted by Crippen LogP contribution is 2.06. The Morgan fingerprint density at radius 3 is 2.38 bits per heavy atom. The molecule has 1 amide bonds. The summed E-state index contributed by atoms with van der Waals surface area (Å²) in [4.78, 5) is 15.7. The van der Waals surface area contributed by atoms with Crippen molar-refractivity contribution in [3.8, 4) is 0 Å². The molecule has 4 nitrogen and oxygen atoms in total. The Balaban J connectivity index is 3.71. The van der Waals surface area contributed by atoms with Crippen molar-refractivity contribution in [3.63, 3.8) is 0 Å². The summed E-state index contributed by atoms with van der Waals surface area (Å²) in [6.45, 7) is 7.14. The standard InChI is InChI=1S/C8H15NO3S/c1-5-6(13)12-9-7(10)11-8(2,3)4/h5H2,1-4H3,(H,9,10). The quantitative estimate of drug-likeness (QED) is 0.526. The van der Waals surface area contributed by atoms with Crippen LogP contribution in [0.4, 0.5) is 4.79 Å². The monoisotopic (exact) mass is 205 g/mol. The first-order chi connectivity index (χ1) is 5.85. The molecule has 13 heavy (non-hydrogen) atoms. The van der Waals surface area contributed by atoms with Crippen LogP contribution in [-0.4, -0.2) is 16.7 Å². The van der Waals surface area contributed by atoms with Crippen molar-refractivity contribution < 1.29 is 14.4 Å². The van der Waals surface area contributed by atoms with Crippen LogP contribution < -0.4 is 5.48 Å². The molecule has 0 aliphatic carbocycles. The van der Waals surface area contributed by atoms with Gasteiger partial charge in [0.1, 0.15) is 5.60 Å². The van der Waals surface area contributed by atoms with Gasteiger partial charge in [-0.05, 0) is 33.0 Å². The van der Waals surface area contributed by atoms with Gasteiger partial charge in [0.05, 0.1) is 0 Å². The van der Waals surface area contributed by atoms with Crippen molar-refractivity contribution in [1.29, 1.82) is 0 Å². The highest BCUT2D eigenvalue weighted by atomic mass is 32.1. The minimum Gasteiger partial charge on any atom is -0.442 e. The summed E-state index contributed by atoms with van der Waals surface area (Å²) in [6.07, 6.45) is -0.0613. The molecule has 0 aromatic heterocycles. The van der Waals surface area contributed by atoms with Crippen molar-refractivity contribution in [1.82, 2.24) is 5.48 Å². The number of hydrogen-bond acceptors (Lipinski definition) is 4. The van der Waals surface area contributed by atoms with Crippen LogP contribution in [-0.2, 0) is 9.57 Å². The first kappa shape index (κ1) is 12.2. The van der Waals surface area contributed by atoms with E-state index in [-0.39, 0.29) is 0 Å². The lowest BCUT2D eigenvalue weighted by molar-refractivity contribution is 0.0264. The Bertz CT molecular complexity index is 198. The molecule has 0 spiro atoms. The van der Waals surface area contributed by atoms with E-state index in [0.717, 1.165) is 0 Å². The van der Waals surface area contributed by atoms with Crippen LogP contribution in [0.2, 0.25) is 0 Å². The van der Waals surface area contributed by atoms with Gasteiger partial charge in [-0.25, -0.2) is 4.79 Å². The number of carbonyl (C=O) groups excluding carboxylic acids is 1. The molecular weight excluding hydrogens is 190 g/mol. The van der Waals surface area contributed by atoms with Gasteiger partial charge in [-0.15, -0.1) is 0 Å². The smallest absolute Gasteiger partial charge is 0.441 e. The van der Waals surface area contributed by atoms with Gasteiger partial charge in [-0.3, -0.25) is 0 Å². The second kappa shape index (κ2) is 5.01. The minimum atomic E-state index is -0.636. The Hall–Kier alpha value is -0.840. The molecule has 0 radical (unpaired) electrons. The summed E-state index contributed by atoms with van der Waals surface area (Å²) in [6, 6.07) is 0. The number of rotatable bonds is 1. The van der Waals surface area contributed by atoms with E-state index in [1.54, 1.807) is 20.8 Å². The van der Waals surface area contributed by atoms with Gasteiger partial charge in [0.25, 0.3) is 0 Å². The highest BCUT2D eigenvalue weighted by Gasteiger charge is 2.16. The molecule has 0 bridgehead atoms. The fourth-order valence-electron chi connectivity index (χ4n) is 0.470. The second-order valence-corrected chi connectivity index (χ2v) is 3.89. The maximum Gasteiger partial charge on any atom is 0.441 e. The van der Waals surface area contributed by atoms with Gasteiger partial charge in [-0.2, -0.15) is 5.48 Å². The van der Waals surface area contributed by atoms with E-state index >= 15 is 0 Å². The van der Waals surface area contributed by atoms with Crippen molar-refractivity contribution >= 4 is 23.4 Å². The van der Waals surface area contributed by atoms with E-state index in [4.69, 9.17) is 21.8 Å². The maximum atomic E-state index is 11.0. The lowest BCUT2D eigenvalue weighted by Crippen LogP contribution is -2.33. The van der Waals surface area contributed by atoms with Crippen molar-refractivity contribution in [2.45, 2.75) is 39.7 Å². The van der Waals surface area contributed by atoms with Crippen LogP contribution in [0.25, 0.3) is 0 Å². The third-order valence-corrected chi connectivity index (χ3v) is 1.31. The third-order valence-electron chi connectivity index (χ3n) is 0.936. The number of amides is 1. The van der Waals surface area contributed by atoms with Gasteiger partial charge in [0, 0.05) is 6.42 Å². The molecular formula is C8H15NO3S. The Morgan fingerprint density at radius 1 is 1.46 bits per heavy atom. The molecule has 0 aromatic carbocycles. The third kappa shape index (κ3) is 7.52. The number of thiocarbonyl (C=S) groups is 1. The molecule has 0 heterocycles. The lowest BCUT2D eigenvalue weighted by atomic mass is 10.2. The first-order valence-corrected chi connectivity index (χ1v) is 4.44. The number of hydroxylamine groups is 1. The first-order valence-electron chi connectivity index (χ1n) is 4.04. The van der Waals surface area contributed by atoms with Gasteiger partial charge in [0.2, 0.25) is 0 Å². The van der Waals surface area contributed by atoms with Crippen molar-refractivity contribution in [2.75, 3.05) is 0 Å². The molecule has 76 valence electrons. The molecule has 0 saturated carbocycles. The van der Waals surface area contributed by atoms with Crippen molar-refractivity contribution in [3.05, 3.63) is 0 Å². The van der Waals surface area contributed by atoms with E-state index < -0.39 is 11.7 Å². The van der Waals surface area contributed by atoms with E-state index in [2.05, 4.69) is 5.48 Å². The molecule has 0 saturated heterocycles. The van der Waals surface area contributed by atoms with Crippen molar-refractivity contribution in [2.24, 2.45) is 0 Å². The minimum absolute atomic E-state index is 0.325. The Kier molecular flexibility index (Phi) is 4.69. The SMILES string of the molecule is CCC(=S)ONC(=O)OC(C)(C)C. The summed E-state index contributed by atoms with van der Waals surface area (Å²) < 4.78 is 4.90. The van der Waals surface area contributed by atoms with Gasteiger partial charge in [-0.1, -0.05) is 6.92 Å². The molecule has 0 aliphatic heterocycles. The molecule has 0 atom stereocenters. The van der Waals surface area contributed by atoms with Gasteiger partial charge in [0.15, 0.2) is 5.05 Å². The number of hydrogen-bond donors (Lipinski definition) is 1. The zero-order valence-corrected chi connectivity index (χ0v) is 9.16. The zero-order chi connectivity index (χ0) is 10.5. The van der Waals surface area contributed by atoms with E-state index in [0.29, 0.717) is 11.5 Å². The van der Waals surface area contributed by atoms with Gasteiger partial charge < -0.3 is 9.57 Å². The normalized spacial score (nSPS) is 10.5. The summed E-state index contributed by atoms with van der Waals surface area (Å²) >= 11 is 4.72. The van der Waals surface area contributed by atoms with Crippen LogP contribution >= 0.6 is 12.2 Å². The van der Waals surface area contributed by atoms with Crippen LogP contribution in [0.15, 0.2) is 0 Å². The summed E-state index contributed by atoms with van der Waals surface area (Å²) in [7, 11) is 0. The Morgan fingerprint density at radius 2 is 2.00 bits per heavy atom. The molecule has 0 aliphatic rings. The fourth-order valence-corrected chi connectivity index (χ4v) is 0.511. The topological polar surface area (TPSA) is 47.6 Å². The summed E-state index contributed by atoms with van der Waals surface area (Å²) in [5.74, 6) is 0. The largest absolute Gasteiger partial charge is 0.442 e. The number of ether oxygens (including phenoxy) is 1. The van der Waals surface area contributed by atoms with Crippen LogP contribution in [0.1, 0.15) is 34.1 Å². The lowest BCUT2D eigenvalue weighted by Gasteiger charge is -2.19. The van der Waals surface area contributed by atoms with Crippen LogP contribution in [0.3, 0.4) is 0 Å². The zero-order valence-electron chi connectivity index (χ0n) is 8.34. The van der Waals surface area contributed by atoms with E-state index in [1.165, 1.54) is 0 Å². The molecule has 0 aromatic rings. The molecule has 0 unspecified atom stereocenters. The van der Waals surface area contributed by atoms with Gasteiger partial charge >= 0.3 is 6.09 Å². The fraction of sp³-hybridized carbons (Fsp3) is 0.750. The predicted octanol–water partition coefficient (Wildman–Crippen LogP) is 2.18. The summed E-state index contributed by atoms with van der Waals surface area (Å²) in [5.41, 5.74) is 1.56.